The average Bonchev–Trinajstić information content (AvgIpc) is 3.48. The number of nitrogens with two attached hydrogens (primary N) is 4. The lowest BCUT2D eigenvalue weighted by Crippen LogP contribution is -2.60. The maximum Gasteiger partial charge on any atom is 0.419 e. The molecule has 0 unspecified atom stereocenters. The Hall–Kier alpha value is -4.18. The number of piperazine rings is 1. The SMILES string of the molecule is N/C=C1/CN(C(=O)[C@@]2(N)CCN(c3ccc(F)c(C(F)(F)F)c3Cn3cnc4c(N)ncnc43)C2)CCN1N. The third-order valence-corrected chi connectivity index (χ3v) is 7.16. The minimum absolute atomic E-state index is 0.0586. The van der Waals surface area contributed by atoms with Gasteiger partial charge in [-0.2, -0.15) is 13.2 Å². The van der Waals surface area contributed by atoms with Gasteiger partial charge in [0.05, 0.1) is 37.2 Å². The summed E-state index contributed by atoms with van der Waals surface area (Å²) in [5, 5.41) is 1.44. The fourth-order valence-corrected chi connectivity index (χ4v) is 5.14. The van der Waals surface area contributed by atoms with Crippen LogP contribution in [0.15, 0.2) is 36.7 Å². The number of fused-ring (bicyclic) bond motifs is 1. The zero-order valence-corrected chi connectivity index (χ0v) is 20.7. The lowest BCUT2D eigenvalue weighted by molar-refractivity contribution is -0.140. The topological polar surface area (TPSA) is 174 Å². The number of carbonyl (C=O) groups excluding carboxylic acids is 1. The first-order valence-electron chi connectivity index (χ1n) is 12.0. The predicted octanol–water partition coefficient (Wildman–Crippen LogP) is 0.340. The summed E-state index contributed by atoms with van der Waals surface area (Å²) in [5.41, 5.74) is 15.9. The van der Waals surface area contributed by atoms with Crippen molar-refractivity contribution in [2.24, 2.45) is 17.3 Å². The van der Waals surface area contributed by atoms with Crippen LogP contribution in [0.3, 0.4) is 0 Å². The van der Waals surface area contributed by atoms with Crippen molar-refractivity contribution in [3.63, 3.8) is 0 Å². The summed E-state index contributed by atoms with van der Waals surface area (Å²) in [6.45, 7) is 0.493. The second-order valence-corrected chi connectivity index (χ2v) is 9.63. The largest absolute Gasteiger partial charge is 0.419 e. The van der Waals surface area contributed by atoms with Gasteiger partial charge in [0.1, 0.15) is 23.2 Å². The Bertz CT molecular complexity index is 1460. The fourth-order valence-electron chi connectivity index (χ4n) is 5.14. The highest BCUT2D eigenvalue weighted by Crippen LogP contribution is 2.40. The quantitative estimate of drug-likeness (QED) is 0.262. The van der Waals surface area contributed by atoms with Crippen LogP contribution in [0.5, 0.6) is 0 Å². The van der Waals surface area contributed by atoms with Crippen LogP contribution in [-0.4, -0.2) is 73.6 Å². The van der Waals surface area contributed by atoms with E-state index in [9.17, 15) is 22.4 Å². The molecule has 0 aliphatic carbocycles. The molecule has 5 rings (SSSR count). The van der Waals surface area contributed by atoms with Gasteiger partial charge in [0.2, 0.25) is 5.91 Å². The summed E-state index contributed by atoms with van der Waals surface area (Å²) in [6, 6.07) is 2.03. The summed E-state index contributed by atoms with van der Waals surface area (Å²) in [7, 11) is 0. The normalized spacial score (nSPS) is 21.4. The Kier molecular flexibility index (Phi) is 6.46. The highest BCUT2D eigenvalue weighted by atomic mass is 19.4. The number of aromatic nitrogens is 4. The van der Waals surface area contributed by atoms with Gasteiger partial charge < -0.3 is 36.6 Å². The molecule has 0 saturated carbocycles. The average molecular weight is 550 g/mol. The van der Waals surface area contributed by atoms with Gasteiger partial charge in [-0.15, -0.1) is 0 Å². The molecule has 0 spiro atoms. The second kappa shape index (κ2) is 9.53. The number of amides is 1. The van der Waals surface area contributed by atoms with Crippen molar-refractivity contribution in [1.82, 2.24) is 29.4 Å². The van der Waals surface area contributed by atoms with E-state index in [1.54, 1.807) is 4.90 Å². The fraction of sp³-hybridized carbons (Fsp3) is 0.391. The number of hydrogen-bond acceptors (Lipinski definition) is 10. The first kappa shape index (κ1) is 26.4. The third-order valence-electron chi connectivity index (χ3n) is 7.16. The Morgan fingerprint density at radius 2 is 1.92 bits per heavy atom. The zero-order chi connectivity index (χ0) is 28.1. The molecule has 12 nitrogen and oxygen atoms in total. The van der Waals surface area contributed by atoms with Crippen LogP contribution in [0.1, 0.15) is 17.5 Å². The van der Waals surface area contributed by atoms with Crippen molar-refractivity contribution in [3.05, 3.63) is 53.6 Å². The molecular weight excluding hydrogens is 522 g/mol. The zero-order valence-electron chi connectivity index (χ0n) is 20.7. The van der Waals surface area contributed by atoms with Gasteiger partial charge in [0.15, 0.2) is 11.5 Å². The van der Waals surface area contributed by atoms with Crippen molar-refractivity contribution in [2.75, 3.05) is 43.4 Å². The lowest BCUT2D eigenvalue weighted by Gasteiger charge is -2.38. The van der Waals surface area contributed by atoms with Gasteiger partial charge in [-0.1, -0.05) is 0 Å². The molecule has 4 heterocycles. The number of nitrogen functional groups attached to an aromatic ring is 1. The summed E-state index contributed by atoms with van der Waals surface area (Å²) in [5.74, 6) is 4.14. The Labute approximate surface area is 219 Å². The van der Waals surface area contributed by atoms with Crippen molar-refractivity contribution >= 4 is 28.6 Å². The Morgan fingerprint density at radius 3 is 2.64 bits per heavy atom. The van der Waals surface area contributed by atoms with Gasteiger partial charge in [-0.3, -0.25) is 4.79 Å². The first-order chi connectivity index (χ1) is 18.4. The number of carbonyl (C=O) groups is 1. The molecule has 2 fully saturated rings. The Morgan fingerprint density at radius 1 is 1.15 bits per heavy atom. The molecular formula is C23H27F4N11O. The number of alkyl halides is 3. The Balaban J connectivity index is 1.50. The van der Waals surface area contributed by atoms with Gasteiger partial charge in [-0.25, -0.2) is 25.2 Å². The number of imidazole rings is 1. The van der Waals surface area contributed by atoms with Crippen LogP contribution in [-0.2, 0) is 17.5 Å². The minimum Gasteiger partial charge on any atom is -0.403 e. The van der Waals surface area contributed by atoms with Crippen molar-refractivity contribution in [2.45, 2.75) is 24.7 Å². The van der Waals surface area contributed by atoms with E-state index in [4.69, 9.17) is 23.0 Å². The standard InChI is InChI=1S/C23H27F4N11O/c24-15-1-2-16(36-4-3-22(30,10-36)21(39)35-5-6-38(31)13(7-28)8-35)14(17(15)23(25,26)27)9-37-12-34-18-19(29)32-11-33-20(18)37/h1-2,7,11-12H,3-6,8-10,28,30-31H2,(H2,29,32,33)/b13-7-/t22-/m1/s1. The molecule has 2 saturated heterocycles. The van der Waals surface area contributed by atoms with Crippen molar-refractivity contribution in [3.8, 4) is 0 Å². The van der Waals surface area contributed by atoms with E-state index in [1.165, 1.54) is 33.1 Å². The predicted molar refractivity (Wildman–Crippen MR) is 134 cm³/mol. The molecule has 16 heteroatoms. The number of hydrogen-bond donors (Lipinski definition) is 4. The monoisotopic (exact) mass is 549 g/mol. The number of nitrogens with zero attached hydrogens (tertiary/aromatic N) is 7. The van der Waals surface area contributed by atoms with Gasteiger partial charge in [0.25, 0.3) is 0 Å². The van der Waals surface area contributed by atoms with E-state index in [0.717, 1.165) is 12.4 Å². The van der Waals surface area contributed by atoms with Crippen LogP contribution in [0, 0.1) is 5.82 Å². The van der Waals surface area contributed by atoms with Crippen LogP contribution in [0.4, 0.5) is 29.1 Å². The van der Waals surface area contributed by atoms with E-state index in [2.05, 4.69) is 15.0 Å². The summed E-state index contributed by atoms with van der Waals surface area (Å²) in [4.78, 5) is 28.6. The number of benzene rings is 1. The van der Waals surface area contributed by atoms with Crippen LogP contribution in [0.25, 0.3) is 11.2 Å². The minimum atomic E-state index is -5.00. The maximum absolute atomic E-state index is 14.7. The summed E-state index contributed by atoms with van der Waals surface area (Å²) in [6.07, 6.45) is -1.08. The molecule has 208 valence electrons. The molecule has 0 bridgehead atoms. The van der Waals surface area contributed by atoms with E-state index >= 15 is 0 Å². The van der Waals surface area contributed by atoms with Crippen molar-refractivity contribution < 1.29 is 22.4 Å². The van der Waals surface area contributed by atoms with Gasteiger partial charge in [0, 0.05) is 37.1 Å². The molecule has 8 N–H and O–H groups in total. The van der Waals surface area contributed by atoms with Crippen LogP contribution >= 0.6 is 0 Å². The third kappa shape index (κ3) is 4.65. The summed E-state index contributed by atoms with van der Waals surface area (Å²) < 4.78 is 58.5. The van der Waals surface area contributed by atoms with Crippen LogP contribution in [0.2, 0.25) is 0 Å². The number of halogens is 4. The second-order valence-electron chi connectivity index (χ2n) is 9.63. The highest BCUT2D eigenvalue weighted by Gasteiger charge is 2.46. The molecule has 1 atom stereocenters. The molecule has 0 radical (unpaired) electrons. The van der Waals surface area contributed by atoms with E-state index in [-0.39, 0.29) is 60.2 Å². The van der Waals surface area contributed by atoms with Gasteiger partial charge in [-0.05, 0) is 18.6 Å². The first-order valence-corrected chi connectivity index (χ1v) is 12.0. The summed E-state index contributed by atoms with van der Waals surface area (Å²) >= 11 is 0. The van der Waals surface area contributed by atoms with Gasteiger partial charge >= 0.3 is 6.18 Å². The van der Waals surface area contributed by atoms with Crippen LogP contribution < -0.4 is 27.9 Å². The molecule has 1 aromatic carbocycles. The molecule has 2 aliphatic heterocycles. The van der Waals surface area contributed by atoms with E-state index < -0.39 is 29.6 Å². The molecule has 2 aliphatic rings. The van der Waals surface area contributed by atoms with Crippen molar-refractivity contribution in [1.29, 1.82) is 0 Å². The smallest absolute Gasteiger partial charge is 0.403 e. The van der Waals surface area contributed by atoms with E-state index in [0.29, 0.717) is 18.8 Å². The molecule has 3 aromatic rings. The molecule has 39 heavy (non-hydrogen) atoms. The highest BCUT2D eigenvalue weighted by molar-refractivity contribution is 5.88. The lowest BCUT2D eigenvalue weighted by atomic mass is 9.97. The maximum atomic E-state index is 14.7. The van der Waals surface area contributed by atoms with E-state index in [1.807, 2.05) is 0 Å². The molecule has 1 amide bonds. The number of anilines is 2. The number of hydrazine groups is 1. The molecule has 2 aromatic heterocycles. The number of rotatable bonds is 4.